The molecule has 0 aliphatic rings. The molecule has 148 valence electrons. The van der Waals surface area contributed by atoms with Gasteiger partial charge in [-0.3, -0.25) is 0 Å². The standard InChI is InChI=1S/C15H19NO2S.C8H14/c1-4-15-16-14(12(3)18-15)9-10-17-19-13-7-5-11(2)6-8-13;1-4-6-8(3)7-5-2/h5-8H,4,9-10H2,1-3H3;4-5,7-8H,1,6H2,2-3H3/b;7-5-. The molecule has 27 heavy (non-hydrogen) atoms. The summed E-state index contributed by atoms with van der Waals surface area (Å²) in [7, 11) is 0. The minimum absolute atomic E-state index is 0.634. The highest BCUT2D eigenvalue weighted by molar-refractivity contribution is 7.94. The second kappa shape index (κ2) is 13.4. The van der Waals surface area contributed by atoms with Gasteiger partial charge >= 0.3 is 0 Å². The Labute approximate surface area is 169 Å². The van der Waals surface area contributed by atoms with E-state index >= 15 is 0 Å². The van der Waals surface area contributed by atoms with E-state index in [9.17, 15) is 0 Å². The average molecular weight is 388 g/mol. The van der Waals surface area contributed by atoms with E-state index in [2.05, 4.69) is 61.8 Å². The first-order valence-corrected chi connectivity index (χ1v) is 10.3. The third-order valence-electron chi connectivity index (χ3n) is 3.90. The number of rotatable bonds is 9. The minimum atomic E-state index is 0.634. The number of oxazole rings is 1. The molecule has 0 N–H and O–H groups in total. The molecule has 0 amide bonds. The Balaban J connectivity index is 0.000000387. The van der Waals surface area contributed by atoms with E-state index in [0.717, 1.165) is 41.5 Å². The van der Waals surface area contributed by atoms with Gasteiger partial charge in [0.15, 0.2) is 5.89 Å². The number of aromatic nitrogens is 1. The van der Waals surface area contributed by atoms with Crippen molar-refractivity contribution < 1.29 is 8.60 Å². The Bertz CT molecular complexity index is 689. The maximum Gasteiger partial charge on any atom is 0.194 e. The Morgan fingerprint density at radius 1 is 1.26 bits per heavy atom. The van der Waals surface area contributed by atoms with Crippen molar-refractivity contribution in [2.75, 3.05) is 6.61 Å². The summed E-state index contributed by atoms with van der Waals surface area (Å²) in [4.78, 5) is 5.55. The zero-order chi connectivity index (χ0) is 20.1. The van der Waals surface area contributed by atoms with Crippen LogP contribution in [0.15, 0.2) is 58.4 Å². The predicted molar refractivity (Wildman–Crippen MR) is 116 cm³/mol. The van der Waals surface area contributed by atoms with Gasteiger partial charge in [0.25, 0.3) is 0 Å². The molecule has 2 aromatic rings. The van der Waals surface area contributed by atoms with Gasteiger partial charge in [0.2, 0.25) is 0 Å². The smallest absolute Gasteiger partial charge is 0.194 e. The highest BCUT2D eigenvalue weighted by Crippen LogP contribution is 2.20. The molecule has 1 aromatic heterocycles. The molecule has 1 unspecified atom stereocenters. The van der Waals surface area contributed by atoms with Crippen molar-refractivity contribution in [3.8, 4) is 0 Å². The van der Waals surface area contributed by atoms with Crippen molar-refractivity contribution >= 4 is 12.0 Å². The van der Waals surface area contributed by atoms with Crippen molar-refractivity contribution in [3.05, 3.63) is 72.0 Å². The van der Waals surface area contributed by atoms with Gasteiger partial charge in [0.1, 0.15) is 5.76 Å². The first kappa shape index (κ1) is 23.3. The molecule has 0 spiro atoms. The zero-order valence-corrected chi connectivity index (χ0v) is 18.1. The summed E-state index contributed by atoms with van der Waals surface area (Å²) in [5, 5.41) is 0. The molecule has 0 aliphatic heterocycles. The fraction of sp³-hybridized carbons (Fsp3) is 0.435. The lowest BCUT2D eigenvalue weighted by Gasteiger charge is -2.02. The molecule has 2 rings (SSSR count). The largest absolute Gasteiger partial charge is 0.446 e. The molecule has 0 saturated carbocycles. The van der Waals surface area contributed by atoms with Gasteiger partial charge in [0.05, 0.1) is 12.3 Å². The second-order valence-corrected chi connectivity index (χ2v) is 7.33. The van der Waals surface area contributed by atoms with Crippen LogP contribution < -0.4 is 0 Å². The summed E-state index contributed by atoms with van der Waals surface area (Å²) in [5.41, 5.74) is 2.26. The van der Waals surface area contributed by atoms with Crippen LogP contribution in [0.3, 0.4) is 0 Å². The van der Waals surface area contributed by atoms with Gasteiger partial charge in [-0.15, -0.1) is 6.58 Å². The van der Waals surface area contributed by atoms with Crippen LogP contribution >= 0.6 is 12.0 Å². The molecule has 0 bridgehead atoms. The maximum absolute atomic E-state index is 5.60. The number of allylic oxidation sites excluding steroid dienone is 3. The quantitative estimate of drug-likeness (QED) is 0.266. The highest BCUT2D eigenvalue weighted by atomic mass is 32.2. The van der Waals surface area contributed by atoms with E-state index in [1.165, 1.54) is 17.6 Å². The lowest BCUT2D eigenvalue weighted by Crippen LogP contribution is -1.96. The van der Waals surface area contributed by atoms with Gasteiger partial charge in [0, 0.05) is 29.8 Å². The van der Waals surface area contributed by atoms with Crippen LogP contribution in [0.5, 0.6) is 0 Å². The van der Waals surface area contributed by atoms with Crippen molar-refractivity contribution in [3.63, 3.8) is 0 Å². The number of aryl methyl sites for hydroxylation is 3. The van der Waals surface area contributed by atoms with Crippen LogP contribution in [0.4, 0.5) is 0 Å². The lowest BCUT2D eigenvalue weighted by atomic mass is 10.1. The van der Waals surface area contributed by atoms with Crippen molar-refractivity contribution in [1.82, 2.24) is 4.98 Å². The van der Waals surface area contributed by atoms with Crippen LogP contribution in [0.2, 0.25) is 0 Å². The fourth-order valence-electron chi connectivity index (χ4n) is 2.38. The summed E-state index contributed by atoms with van der Waals surface area (Å²) in [6.45, 7) is 14.6. The Hall–Kier alpha value is -1.78. The number of hydrogen-bond donors (Lipinski definition) is 0. The molecule has 0 aliphatic carbocycles. The zero-order valence-electron chi connectivity index (χ0n) is 17.3. The highest BCUT2D eigenvalue weighted by Gasteiger charge is 2.07. The van der Waals surface area contributed by atoms with Crippen LogP contribution in [0.1, 0.15) is 50.1 Å². The molecule has 1 atom stereocenters. The molecular formula is C23H33NO2S. The van der Waals surface area contributed by atoms with E-state index in [-0.39, 0.29) is 0 Å². The van der Waals surface area contributed by atoms with E-state index in [1.54, 1.807) is 0 Å². The molecule has 4 heteroatoms. The van der Waals surface area contributed by atoms with Gasteiger partial charge in [-0.1, -0.05) is 49.8 Å². The monoisotopic (exact) mass is 387 g/mol. The molecule has 0 saturated heterocycles. The molecule has 0 radical (unpaired) electrons. The van der Waals surface area contributed by atoms with Crippen LogP contribution in [-0.4, -0.2) is 11.6 Å². The summed E-state index contributed by atoms with van der Waals surface area (Å²) < 4.78 is 11.1. The third kappa shape index (κ3) is 9.64. The summed E-state index contributed by atoms with van der Waals surface area (Å²) in [6, 6.07) is 8.30. The van der Waals surface area contributed by atoms with Crippen molar-refractivity contribution in [2.45, 2.75) is 58.8 Å². The third-order valence-corrected chi connectivity index (χ3v) is 4.65. The van der Waals surface area contributed by atoms with E-state index in [4.69, 9.17) is 8.60 Å². The van der Waals surface area contributed by atoms with E-state index in [0.29, 0.717) is 12.5 Å². The summed E-state index contributed by atoms with van der Waals surface area (Å²) in [5.74, 6) is 2.37. The summed E-state index contributed by atoms with van der Waals surface area (Å²) in [6.07, 6.45) is 8.92. The Morgan fingerprint density at radius 2 is 1.96 bits per heavy atom. The number of hydrogen-bond acceptors (Lipinski definition) is 4. The van der Waals surface area contributed by atoms with Crippen LogP contribution in [-0.2, 0) is 17.0 Å². The minimum Gasteiger partial charge on any atom is -0.446 e. The second-order valence-electron chi connectivity index (χ2n) is 6.46. The van der Waals surface area contributed by atoms with Gasteiger partial charge in [-0.05, 0) is 45.2 Å². The molecular weight excluding hydrogens is 354 g/mol. The summed E-state index contributed by atoms with van der Waals surface area (Å²) >= 11 is 1.41. The van der Waals surface area contributed by atoms with Gasteiger partial charge < -0.3 is 8.60 Å². The average Bonchev–Trinajstić information content (AvgIpc) is 3.01. The maximum atomic E-state index is 5.60. The van der Waals surface area contributed by atoms with E-state index in [1.807, 2.05) is 26.8 Å². The van der Waals surface area contributed by atoms with Crippen molar-refractivity contribution in [1.29, 1.82) is 0 Å². The van der Waals surface area contributed by atoms with Crippen LogP contribution in [0, 0.1) is 19.8 Å². The van der Waals surface area contributed by atoms with Crippen molar-refractivity contribution in [2.24, 2.45) is 5.92 Å². The topological polar surface area (TPSA) is 35.3 Å². The normalized spacial score (nSPS) is 11.9. The first-order valence-electron chi connectivity index (χ1n) is 9.55. The fourth-order valence-corrected chi connectivity index (χ4v) is 2.93. The van der Waals surface area contributed by atoms with Gasteiger partial charge in [-0.2, -0.15) is 0 Å². The Kier molecular flexibility index (Phi) is 11.5. The molecule has 3 nitrogen and oxygen atoms in total. The van der Waals surface area contributed by atoms with Crippen LogP contribution in [0.25, 0.3) is 0 Å². The van der Waals surface area contributed by atoms with E-state index < -0.39 is 0 Å². The lowest BCUT2D eigenvalue weighted by molar-refractivity contribution is 0.376. The predicted octanol–water partition coefficient (Wildman–Crippen LogP) is 6.89. The first-order chi connectivity index (χ1) is 13.0. The molecule has 0 fully saturated rings. The number of nitrogens with zero attached hydrogens (tertiary/aromatic N) is 1. The SMILES string of the molecule is C=CCC(C)/C=C\C.CCc1nc(CCOSc2ccc(C)cc2)c(C)o1. The number of benzene rings is 1. The molecule has 1 heterocycles. The van der Waals surface area contributed by atoms with Gasteiger partial charge in [-0.25, -0.2) is 4.98 Å². The Morgan fingerprint density at radius 3 is 2.52 bits per heavy atom. The molecule has 1 aromatic carbocycles.